The minimum absolute atomic E-state index is 0.0451. The lowest BCUT2D eigenvalue weighted by Crippen LogP contribution is -2.26. The summed E-state index contributed by atoms with van der Waals surface area (Å²) in [4.78, 5) is 25.9. The fourth-order valence-corrected chi connectivity index (χ4v) is 1.47. The molecule has 0 atom stereocenters. The molecule has 0 saturated carbocycles. The maximum absolute atomic E-state index is 11.7. The van der Waals surface area contributed by atoms with E-state index < -0.39 is 11.9 Å². The predicted octanol–water partition coefficient (Wildman–Crippen LogP) is 1.54. The average molecular weight is 309 g/mol. The molecule has 0 saturated heterocycles. The number of nitrogens with one attached hydrogen (secondary N) is 2. The summed E-state index contributed by atoms with van der Waals surface area (Å²) in [6, 6.07) is 4.88. The third-order valence-electron chi connectivity index (χ3n) is 2.30. The van der Waals surface area contributed by atoms with Gasteiger partial charge in [-0.1, -0.05) is 11.6 Å². The molecule has 1 amide bonds. The second-order valence-corrected chi connectivity index (χ2v) is 4.36. The highest BCUT2D eigenvalue weighted by Crippen LogP contribution is 2.11. The van der Waals surface area contributed by atoms with Crippen LogP contribution in [0.25, 0.3) is 0 Å². The first-order chi connectivity index (χ1) is 10.0. The summed E-state index contributed by atoms with van der Waals surface area (Å²) in [5.41, 5.74) is -0.146. The molecule has 21 heavy (non-hydrogen) atoms. The van der Waals surface area contributed by atoms with Gasteiger partial charge in [0.15, 0.2) is 0 Å². The van der Waals surface area contributed by atoms with Gasteiger partial charge in [0.2, 0.25) is 0 Å². The number of hydrogen-bond acceptors (Lipinski definition) is 5. The van der Waals surface area contributed by atoms with E-state index in [-0.39, 0.29) is 18.5 Å². The van der Waals surface area contributed by atoms with Gasteiger partial charge in [0.05, 0.1) is 0 Å². The first-order valence-electron chi connectivity index (χ1n) is 6.01. The lowest BCUT2D eigenvalue weighted by molar-refractivity contribution is -0.137. The Morgan fingerprint density at radius 2 is 2.29 bits per heavy atom. The van der Waals surface area contributed by atoms with Crippen LogP contribution < -0.4 is 10.6 Å². The van der Waals surface area contributed by atoms with Gasteiger partial charge in [-0.15, -0.1) is 0 Å². The Bertz CT molecular complexity index is 595. The molecule has 0 aromatic carbocycles. The van der Waals surface area contributed by atoms with Crippen LogP contribution in [0.15, 0.2) is 30.1 Å². The monoisotopic (exact) mass is 308 g/mol. The minimum atomic E-state index is -0.936. The molecule has 0 spiro atoms. The Morgan fingerprint density at radius 1 is 1.52 bits per heavy atom. The predicted molar refractivity (Wildman–Crippen MR) is 76.4 cm³/mol. The van der Waals surface area contributed by atoms with Crippen molar-refractivity contribution < 1.29 is 14.7 Å². The normalized spacial score (nSPS) is 10.6. The molecule has 3 N–H and O–H groups in total. The van der Waals surface area contributed by atoms with Gasteiger partial charge >= 0.3 is 5.97 Å². The Balaban J connectivity index is 2.53. The number of nitriles is 1. The quantitative estimate of drug-likeness (QED) is 0.400. The van der Waals surface area contributed by atoms with Crippen molar-refractivity contribution in [1.82, 2.24) is 10.3 Å². The number of anilines is 1. The molecule has 0 radical (unpaired) electrons. The van der Waals surface area contributed by atoms with Gasteiger partial charge < -0.3 is 15.7 Å². The van der Waals surface area contributed by atoms with Crippen molar-refractivity contribution >= 4 is 29.3 Å². The van der Waals surface area contributed by atoms with Crippen LogP contribution >= 0.6 is 11.6 Å². The van der Waals surface area contributed by atoms with E-state index in [1.807, 2.05) is 0 Å². The summed E-state index contributed by atoms with van der Waals surface area (Å²) in [6.45, 7) is 0.180. The highest BCUT2D eigenvalue weighted by Gasteiger charge is 2.08. The Labute approximate surface area is 126 Å². The van der Waals surface area contributed by atoms with Crippen molar-refractivity contribution in [3.8, 4) is 6.07 Å². The maximum Gasteiger partial charge on any atom is 0.303 e. The number of hydrogen-bond donors (Lipinski definition) is 3. The van der Waals surface area contributed by atoms with E-state index in [1.54, 1.807) is 12.1 Å². The Kier molecular flexibility index (Phi) is 6.71. The van der Waals surface area contributed by atoms with E-state index in [1.165, 1.54) is 18.5 Å². The molecule has 1 aromatic heterocycles. The summed E-state index contributed by atoms with van der Waals surface area (Å²) in [6.07, 6.45) is 2.95. The standard InChI is InChI=1S/C13H13ClN4O3/c14-10-3-5-16-11(6-10)18-8-9(7-15)13(21)17-4-1-2-12(19)20/h3,5-6,8H,1-2,4H2,(H,16,18)(H,17,21)(H,19,20)/b9-8-. The molecule has 110 valence electrons. The SMILES string of the molecule is N#C/C(=C/Nc1cc(Cl)ccn1)C(=O)NCCCC(=O)O. The molecule has 0 fully saturated rings. The zero-order valence-corrected chi connectivity index (χ0v) is 11.7. The molecule has 1 heterocycles. The topological polar surface area (TPSA) is 115 Å². The molecule has 0 bridgehead atoms. The molecule has 0 aliphatic rings. The number of rotatable bonds is 7. The van der Waals surface area contributed by atoms with Crippen LogP contribution in [-0.2, 0) is 9.59 Å². The van der Waals surface area contributed by atoms with Crippen molar-refractivity contribution in [2.45, 2.75) is 12.8 Å². The summed E-state index contributed by atoms with van der Waals surface area (Å²) in [5.74, 6) is -1.12. The molecule has 0 unspecified atom stereocenters. The molecule has 0 aliphatic carbocycles. The number of pyridine rings is 1. The number of aromatic nitrogens is 1. The minimum Gasteiger partial charge on any atom is -0.481 e. The number of carboxylic acids is 1. The van der Waals surface area contributed by atoms with Gasteiger partial charge in [-0.05, 0) is 18.6 Å². The highest BCUT2D eigenvalue weighted by molar-refractivity contribution is 6.30. The van der Waals surface area contributed by atoms with Crippen LogP contribution in [0, 0.1) is 11.3 Å². The first-order valence-corrected chi connectivity index (χ1v) is 6.39. The Morgan fingerprint density at radius 3 is 2.90 bits per heavy atom. The maximum atomic E-state index is 11.7. The van der Waals surface area contributed by atoms with Gasteiger partial charge in [0.1, 0.15) is 17.5 Å². The van der Waals surface area contributed by atoms with E-state index in [0.717, 1.165) is 0 Å². The van der Waals surface area contributed by atoms with Crippen molar-refractivity contribution in [3.05, 3.63) is 35.1 Å². The number of carbonyl (C=O) groups excluding carboxylic acids is 1. The molecule has 7 nitrogen and oxygen atoms in total. The second-order valence-electron chi connectivity index (χ2n) is 3.93. The number of halogens is 1. The highest BCUT2D eigenvalue weighted by atomic mass is 35.5. The smallest absolute Gasteiger partial charge is 0.303 e. The van der Waals surface area contributed by atoms with Crippen LogP contribution in [0.1, 0.15) is 12.8 Å². The van der Waals surface area contributed by atoms with Crippen LogP contribution in [0.4, 0.5) is 5.82 Å². The Hall–Kier alpha value is -2.59. The third kappa shape index (κ3) is 6.40. The van der Waals surface area contributed by atoms with Crippen molar-refractivity contribution in [1.29, 1.82) is 5.26 Å². The van der Waals surface area contributed by atoms with Crippen LogP contribution in [0.2, 0.25) is 5.02 Å². The number of aliphatic carboxylic acids is 1. The lowest BCUT2D eigenvalue weighted by atomic mass is 10.2. The van der Waals surface area contributed by atoms with Gasteiger partial charge in [-0.25, -0.2) is 4.98 Å². The van der Waals surface area contributed by atoms with Gasteiger partial charge in [-0.3, -0.25) is 9.59 Å². The molecule has 1 aromatic rings. The number of amides is 1. The van der Waals surface area contributed by atoms with Gasteiger partial charge in [-0.2, -0.15) is 5.26 Å². The largest absolute Gasteiger partial charge is 0.481 e. The summed E-state index contributed by atoms with van der Waals surface area (Å²) < 4.78 is 0. The van der Waals surface area contributed by atoms with Crippen molar-refractivity contribution in [3.63, 3.8) is 0 Å². The number of carboxylic acid groups (broad SMARTS) is 1. The number of carbonyl (C=O) groups is 2. The first kappa shape index (κ1) is 16.5. The summed E-state index contributed by atoms with van der Waals surface area (Å²) in [7, 11) is 0. The molecular formula is C13H13ClN4O3. The van der Waals surface area contributed by atoms with Crippen LogP contribution in [0.3, 0.4) is 0 Å². The summed E-state index contributed by atoms with van der Waals surface area (Å²) >= 11 is 5.77. The van der Waals surface area contributed by atoms with Crippen LogP contribution in [0.5, 0.6) is 0 Å². The molecule has 1 rings (SSSR count). The fourth-order valence-electron chi connectivity index (χ4n) is 1.32. The fraction of sp³-hybridized carbons (Fsp3) is 0.231. The zero-order chi connectivity index (χ0) is 15.7. The van der Waals surface area contributed by atoms with E-state index in [4.69, 9.17) is 22.0 Å². The number of nitrogens with zero attached hydrogens (tertiary/aromatic N) is 2. The zero-order valence-electron chi connectivity index (χ0n) is 11.0. The lowest BCUT2D eigenvalue weighted by Gasteiger charge is -2.04. The summed E-state index contributed by atoms with van der Waals surface area (Å²) in [5, 5.41) is 23.0. The van der Waals surface area contributed by atoms with E-state index >= 15 is 0 Å². The third-order valence-corrected chi connectivity index (χ3v) is 2.54. The average Bonchev–Trinajstić information content (AvgIpc) is 2.44. The molecule has 0 aliphatic heterocycles. The van der Waals surface area contributed by atoms with E-state index in [2.05, 4.69) is 15.6 Å². The molecule has 8 heteroatoms. The van der Waals surface area contributed by atoms with Crippen molar-refractivity contribution in [2.75, 3.05) is 11.9 Å². The van der Waals surface area contributed by atoms with Crippen LogP contribution in [-0.4, -0.2) is 28.5 Å². The van der Waals surface area contributed by atoms with Gasteiger partial charge in [0, 0.05) is 30.4 Å². The van der Waals surface area contributed by atoms with E-state index in [9.17, 15) is 9.59 Å². The van der Waals surface area contributed by atoms with Gasteiger partial charge in [0.25, 0.3) is 5.91 Å². The van der Waals surface area contributed by atoms with Crippen molar-refractivity contribution in [2.24, 2.45) is 0 Å². The molecular weight excluding hydrogens is 296 g/mol. The second kappa shape index (κ2) is 8.55. The van der Waals surface area contributed by atoms with E-state index in [0.29, 0.717) is 17.3 Å².